The minimum absolute atomic E-state index is 0.253. The van der Waals surface area contributed by atoms with E-state index in [2.05, 4.69) is 10.1 Å². The van der Waals surface area contributed by atoms with Crippen molar-refractivity contribution in [3.05, 3.63) is 11.7 Å². The lowest BCUT2D eigenvalue weighted by molar-refractivity contribution is -0.140. The highest BCUT2D eigenvalue weighted by molar-refractivity contribution is 5.79. The van der Waals surface area contributed by atoms with Crippen molar-refractivity contribution in [1.82, 2.24) is 15.0 Å². The van der Waals surface area contributed by atoms with Crippen molar-refractivity contribution in [3.63, 3.8) is 0 Å². The maximum Gasteiger partial charge on any atom is 0.225 e. The van der Waals surface area contributed by atoms with Gasteiger partial charge in [-0.25, -0.2) is 0 Å². The van der Waals surface area contributed by atoms with E-state index in [0.29, 0.717) is 36.6 Å². The maximum absolute atomic E-state index is 12.1. The van der Waals surface area contributed by atoms with Crippen LogP contribution in [0.1, 0.15) is 43.8 Å². The van der Waals surface area contributed by atoms with Crippen LogP contribution >= 0.6 is 0 Å². The van der Waals surface area contributed by atoms with Crippen LogP contribution in [0, 0.1) is 12.8 Å². The molecular formula is C15H23N3O3. The van der Waals surface area contributed by atoms with Crippen LogP contribution < -0.4 is 0 Å². The molecule has 0 unspecified atom stereocenters. The van der Waals surface area contributed by atoms with Gasteiger partial charge in [0.05, 0.1) is 12.7 Å². The molecule has 6 heteroatoms. The summed E-state index contributed by atoms with van der Waals surface area (Å²) in [7, 11) is 0. The maximum atomic E-state index is 12.1. The number of ether oxygens (including phenoxy) is 1. The van der Waals surface area contributed by atoms with E-state index < -0.39 is 0 Å². The van der Waals surface area contributed by atoms with Crippen molar-refractivity contribution in [2.24, 2.45) is 5.92 Å². The lowest BCUT2D eigenvalue weighted by atomic mass is 9.84. The van der Waals surface area contributed by atoms with Gasteiger partial charge in [0.15, 0.2) is 5.82 Å². The number of nitrogens with zero attached hydrogens (tertiary/aromatic N) is 3. The van der Waals surface area contributed by atoms with Crippen LogP contribution in [0.2, 0.25) is 0 Å². The van der Waals surface area contributed by atoms with Crippen LogP contribution in [0.4, 0.5) is 0 Å². The topological polar surface area (TPSA) is 68.5 Å². The van der Waals surface area contributed by atoms with Gasteiger partial charge < -0.3 is 14.2 Å². The summed E-state index contributed by atoms with van der Waals surface area (Å²) in [5.41, 5.74) is 0. The first-order valence-corrected chi connectivity index (χ1v) is 7.92. The van der Waals surface area contributed by atoms with E-state index in [1.165, 1.54) is 6.42 Å². The molecular weight excluding hydrogens is 270 g/mol. The highest BCUT2D eigenvalue weighted by Crippen LogP contribution is 2.29. The molecule has 0 spiro atoms. The summed E-state index contributed by atoms with van der Waals surface area (Å²) in [4.78, 5) is 18.3. The average molecular weight is 293 g/mol. The van der Waals surface area contributed by atoms with Crippen molar-refractivity contribution in [3.8, 4) is 0 Å². The van der Waals surface area contributed by atoms with Gasteiger partial charge in [0.25, 0.3) is 0 Å². The Balaban J connectivity index is 1.34. The van der Waals surface area contributed by atoms with E-state index in [0.717, 1.165) is 38.8 Å². The first-order valence-electron chi connectivity index (χ1n) is 7.92. The Morgan fingerprint density at radius 1 is 1.33 bits per heavy atom. The molecule has 2 fully saturated rings. The summed E-state index contributed by atoms with van der Waals surface area (Å²) in [6, 6.07) is 0. The molecule has 21 heavy (non-hydrogen) atoms. The lowest BCUT2D eigenvalue weighted by Gasteiger charge is -2.36. The molecule has 3 rings (SSSR count). The molecule has 1 aliphatic heterocycles. The number of carbonyl (C=O) groups excluding carboxylic acids is 1. The molecule has 1 saturated heterocycles. The smallest absolute Gasteiger partial charge is 0.225 e. The number of hydrogen-bond acceptors (Lipinski definition) is 5. The molecule has 116 valence electrons. The van der Waals surface area contributed by atoms with Gasteiger partial charge in [0.2, 0.25) is 11.8 Å². The van der Waals surface area contributed by atoms with E-state index in [-0.39, 0.29) is 6.10 Å². The summed E-state index contributed by atoms with van der Waals surface area (Å²) in [5.74, 6) is 1.96. The molecule has 1 saturated carbocycles. The van der Waals surface area contributed by atoms with Gasteiger partial charge in [-0.3, -0.25) is 4.79 Å². The zero-order valence-corrected chi connectivity index (χ0v) is 12.6. The quantitative estimate of drug-likeness (QED) is 0.827. The van der Waals surface area contributed by atoms with E-state index >= 15 is 0 Å². The van der Waals surface area contributed by atoms with Gasteiger partial charge in [0, 0.05) is 32.4 Å². The normalized spacial score (nSPS) is 20.5. The Morgan fingerprint density at radius 2 is 2.10 bits per heavy atom. The van der Waals surface area contributed by atoms with Gasteiger partial charge >= 0.3 is 0 Å². The SMILES string of the molecule is Cc1nc(CCOC2CCN(C(=O)C3CCC3)CC2)no1. The number of hydrogen-bond donors (Lipinski definition) is 0. The van der Waals surface area contributed by atoms with Crippen LogP contribution in [0.25, 0.3) is 0 Å². The van der Waals surface area contributed by atoms with Crippen LogP contribution in [0.3, 0.4) is 0 Å². The molecule has 0 atom stereocenters. The minimum Gasteiger partial charge on any atom is -0.378 e. The molecule has 0 bridgehead atoms. The van der Waals surface area contributed by atoms with Crippen LogP contribution in [-0.4, -0.2) is 46.7 Å². The summed E-state index contributed by atoms with van der Waals surface area (Å²) in [6.45, 7) is 4.06. The van der Waals surface area contributed by atoms with Crippen molar-refractivity contribution in [1.29, 1.82) is 0 Å². The zero-order valence-electron chi connectivity index (χ0n) is 12.6. The van der Waals surface area contributed by atoms with Gasteiger partial charge in [-0.15, -0.1) is 0 Å². The second kappa shape index (κ2) is 6.56. The van der Waals surface area contributed by atoms with Crippen LogP contribution in [0.15, 0.2) is 4.52 Å². The van der Waals surface area contributed by atoms with Gasteiger partial charge in [-0.2, -0.15) is 4.98 Å². The summed E-state index contributed by atoms with van der Waals surface area (Å²) in [6.07, 6.45) is 6.18. The number of amides is 1. The number of carbonyl (C=O) groups is 1. The third-order valence-corrected chi connectivity index (χ3v) is 4.46. The predicted molar refractivity (Wildman–Crippen MR) is 75.6 cm³/mol. The number of likely N-dealkylation sites (tertiary alicyclic amines) is 1. The molecule has 1 aliphatic carbocycles. The second-order valence-electron chi connectivity index (χ2n) is 6.00. The van der Waals surface area contributed by atoms with E-state index in [1.54, 1.807) is 6.92 Å². The lowest BCUT2D eigenvalue weighted by Crippen LogP contribution is -2.45. The monoisotopic (exact) mass is 293 g/mol. The molecule has 2 aliphatic rings. The number of rotatable bonds is 5. The Hall–Kier alpha value is -1.43. The van der Waals surface area contributed by atoms with E-state index in [4.69, 9.17) is 9.26 Å². The summed E-state index contributed by atoms with van der Waals surface area (Å²) in [5, 5.41) is 3.85. The second-order valence-corrected chi connectivity index (χ2v) is 6.00. The molecule has 1 aromatic heterocycles. The fraction of sp³-hybridized carbons (Fsp3) is 0.800. The Labute approximate surface area is 124 Å². The van der Waals surface area contributed by atoms with E-state index in [9.17, 15) is 4.79 Å². The number of aryl methyl sites for hydroxylation is 1. The Bertz CT molecular complexity index is 476. The zero-order chi connectivity index (χ0) is 14.7. The van der Waals surface area contributed by atoms with Crippen molar-refractivity contribution in [2.45, 2.75) is 51.6 Å². The molecule has 1 aromatic rings. The fourth-order valence-corrected chi connectivity index (χ4v) is 2.92. The molecule has 0 aromatic carbocycles. The first-order chi connectivity index (χ1) is 10.2. The highest BCUT2D eigenvalue weighted by Gasteiger charge is 2.31. The van der Waals surface area contributed by atoms with Crippen molar-refractivity contribution in [2.75, 3.05) is 19.7 Å². The van der Waals surface area contributed by atoms with Crippen molar-refractivity contribution < 1.29 is 14.1 Å². The summed E-state index contributed by atoms with van der Waals surface area (Å²) < 4.78 is 10.8. The molecule has 1 amide bonds. The summed E-state index contributed by atoms with van der Waals surface area (Å²) >= 11 is 0. The van der Waals surface area contributed by atoms with Crippen LogP contribution in [-0.2, 0) is 16.0 Å². The largest absolute Gasteiger partial charge is 0.378 e. The fourth-order valence-electron chi connectivity index (χ4n) is 2.92. The highest BCUT2D eigenvalue weighted by atomic mass is 16.5. The van der Waals surface area contributed by atoms with Crippen molar-refractivity contribution >= 4 is 5.91 Å². The Morgan fingerprint density at radius 3 is 2.67 bits per heavy atom. The molecule has 0 N–H and O–H groups in total. The third-order valence-electron chi connectivity index (χ3n) is 4.46. The molecule has 0 radical (unpaired) electrons. The molecule has 6 nitrogen and oxygen atoms in total. The van der Waals surface area contributed by atoms with Gasteiger partial charge in [-0.1, -0.05) is 11.6 Å². The standard InChI is InChI=1S/C15H23N3O3/c1-11-16-14(17-21-11)7-10-20-13-5-8-18(9-6-13)15(19)12-3-2-4-12/h12-13H,2-10H2,1H3. The number of aromatic nitrogens is 2. The van der Waals surface area contributed by atoms with Gasteiger partial charge in [-0.05, 0) is 25.7 Å². The van der Waals surface area contributed by atoms with E-state index in [1.807, 2.05) is 4.90 Å². The first kappa shape index (κ1) is 14.5. The average Bonchev–Trinajstić information content (AvgIpc) is 2.83. The van der Waals surface area contributed by atoms with Gasteiger partial charge in [0.1, 0.15) is 0 Å². The third kappa shape index (κ3) is 3.61. The Kier molecular flexibility index (Phi) is 4.53. The molecule has 2 heterocycles. The predicted octanol–water partition coefficient (Wildman–Crippen LogP) is 1.73. The minimum atomic E-state index is 0.253. The number of piperidine rings is 1. The van der Waals surface area contributed by atoms with Crippen LogP contribution in [0.5, 0.6) is 0 Å².